The Bertz CT molecular complexity index is 1290. The van der Waals surface area contributed by atoms with Crippen LogP contribution in [0.2, 0.25) is 0 Å². The lowest BCUT2D eigenvalue weighted by molar-refractivity contribution is -0.137. The molecule has 2 aromatic rings. The molecule has 3 rings (SSSR count). The summed E-state index contributed by atoms with van der Waals surface area (Å²) < 4.78 is 98.8. The summed E-state index contributed by atoms with van der Waals surface area (Å²) in [7, 11) is -7.54. The molecule has 1 heterocycles. The Morgan fingerprint density at radius 3 is 2.28 bits per heavy atom. The average Bonchev–Trinajstić information content (AvgIpc) is 3.43. The molecule has 1 aliphatic carbocycles. The first kappa shape index (κ1) is 24.4. The van der Waals surface area contributed by atoms with Gasteiger partial charge in [0.25, 0.3) is 10.1 Å². The summed E-state index contributed by atoms with van der Waals surface area (Å²) in [6.45, 7) is 1.47. The number of sulfone groups is 1. The van der Waals surface area contributed by atoms with Gasteiger partial charge in [-0.3, -0.25) is 14.0 Å². The molecule has 0 aliphatic heterocycles. The zero-order valence-corrected chi connectivity index (χ0v) is 19.0. The molecular weight excluding hydrogens is 473 g/mol. The zero-order chi connectivity index (χ0) is 24.2. The Kier molecular flexibility index (Phi) is 6.07. The predicted octanol–water partition coefficient (Wildman–Crippen LogP) is 3.29. The van der Waals surface area contributed by atoms with E-state index >= 15 is 0 Å². The van der Waals surface area contributed by atoms with Gasteiger partial charge in [0.05, 0.1) is 27.4 Å². The van der Waals surface area contributed by atoms with Crippen LogP contribution in [0.25, 0.3) is 0 Å². The molecule has 1 aromatic carbocycles. The van der Waals surface area contributed by atoms with E-state index in [-0.39, 0.29) is 29.3 Å². The number of hydrogen-bond acceptors (Lipinski definition) is 6. The standard InChI is InChI=1S/C19H21F3N2O6S2/c1-4-13(32(28,29)30)17-15(16(10-5-6-10)23-24(17)2)18(25)12-8-7-11(19(20,21)22)9-14(12)31(3,26)27/h7-10,13H,4-6H2,1-3H3,(H,28,29,30). The van der Waals surface area contributed by atoms with Gasteiger partial charge in [-0.2, -0.15) is 26.7 Å². The van der Waals surface area contributed by atoms with Crippen molar-refractivity contribution in [3.05, 3.63) is 46.3 Å². The summed E-state index contributed by atoms with van der Waals surface area (Å²) in [5.74, 6) is -1.14. The summed E-state index contributed by atoms with van der Waals surface area (Å²) in [4.78, 5) is 12.7. The first-order valence-corrected chi connectivity index (χ1v) is 13.0. The average molecular weight is 495 g/mol. The van der Waals surface area contributed by atoms with Crippen LogP contribution < -0.4 is 0 Å². The van der Waals surface area contributed by atoms with Crippen LogP contribution >= 0.6 is 0 Å². The van der Waals surface area contributed by atoms with Crippen LogP contribution in [0.5, 0.6) is 0 Å². The monoisotopic (exact) mass is 494 g/mol. The van der Waals surface area contributed by atoms with E-state index < -0.39 is 53.2 Å². The molecule has 8 nitrogen and oxygen atoms in total. The molecule has 32 heavy (non-hydrogen) atoms. The number of aryl methyl sites for hydroxylation is 1. The predicted molar refractivity (Wildman–Crippen MR) is 108 cm³/mol. The number of carbonyl (C=O) groups is 1. The number of carbonyl (C=O) groups excluding carboxylic acids is 1. The maximum Gasteiger partial charge on any atom is 0.416 e. The van der Waals surface area contributed by atoms with E-state index in [1.165, 1.54) is 14.0 Å². The van der Waals surface area contributed by atoms with Crippen molar-refractivity contribution < 1.29 is 39.4 Å². The Hall–Kier alpha value is -2.25. The molecule has 1 aliphatic rings. The van der Waals surface area contributed by atoms with E-state index in [0.29, 0.717) is 31.2 Å². The minimum atomic E-state index is -4.84. The van der Waals surface area contributed by atoms with Crippen molar-refractivity contribution in [2.75, 3.05) is 6.26 Å². The van der Waals surface area contributed by atoms with E-state index in [0.717, 1.165) is 10.7 Å². The fraction of sp³-hybridized carbons (Fsp3) is 0.474. The van der Waals surface area contributed by atoms with Gasteiger partial charge in [0.15, 0.2) is 15.6 Å². The third-order valence-electron chi connectivity index (χ3n) is 5.30. The van der Waals surface area contributed by atoms with Crippen molar-refractivity contribution in [3.63, 3.8) is 0 Å². The number of benzene rings is 1. The van der Waals surface area contributed by atoms with Gasteiger partial charge in [0.1, 0.15) is 5.25 Å². The fourth-order valence-corrected chi connectivity index (χ4v) is 5.55. The maximum absolute atomic E-state index is 13.5. The zero-order valence-electron chi connectivity index (χ0n) is 17.3. The van der Waals surface area contributed by atoms with Crippen molar-refractivity contribution in [2.45, 2.75) is 48.4 Å². The summed E-state index contributed by atoms with van der Waals surface area (Å²) >= 11 is 0. The topological polar surface area (TPSA) is 123 Å². The lowest BCUT2D eigenvalue weighted by Crippen LogP contribution is -2.20. The second kappa shape index (κ2) is 7.96. The van der Waals surface area contributed by atoms with Gasteiger partial charge in [-0.15, -0.1) is 0 Å². The number of alkyl halides is 3. The van der Waals surface area contributed by atoms with E-state index in [1.54, 1.807) is 0 Å². The van der Waals surface area contributed by atoms with Crippen molar-refractivity contribution >= 4 is 25.7 Å². The normalized spacial score (nSPS) is 16.2. The van der Waals surface area contributed by atoms with Crippen molar-refractivity contribution in [2.24, 2.45) is 7.05 Å². The van der Waals surface area contributed by atoms with Gasteiger partial charge in [-0.05, 0) is 37.5 Å². The van der Waals surface area contributed by atoms with Gasteiger partial charge in [-0.1, -0.05) is 6.92 Å². The number of halogens is 3. The van der Waals surface area contributed by atoms with Crippen LogP contribution in [-0.4, -0.2) is 43.2 Å². The Morgan fingerprint density at radius 1 is 1.25 bits per heavy atom. The highest BCUT2D eigenvalue weighted by Gasteiger charge is 2.40. The minimum Gasteiger partial charge on any atom is -0.288 e. The van der Waals surface area contributed by atoms with Crippen molar-refractivity contribution in [1.82, 2.24) is 9.78 Å². The van der Waals surface area contributed by atoms with Crippen LogP contribution in [0.4, 0.5) is 13.2 Å². The van der Waals surface area contributed by atoms with E-state index in [4.69, 9.17) is 0 Å². The number of ketones is 1. The largest absolute Gasteiger partial charge is 0.416 e. The van der Waals surface area contributed by atoms with Gasteiger partial charge in [-0.25, -0.2) is 8.42 Å². The lowest BCUT2D eigenvalue weighted by Gasteiger charge is -2.16. The van der Waals surface area contributed by atoms with Crippen LogP contribution in [0.3, 0.4) is 0 Å². The van der Waals surface area contributed by atoms with Crippen molar-refractivity contribution in [3.8, 4) is 0 Å². The van der Waals surface area contributed by atoms with Gasteiger partial charge in [0.2, 0.25) is 0 Å². The van der Waals surface area contributed by atoms with E-state index in [1.807, 2.05) is 0 Å². The summed E-state index contributed by atoms with van der Waals surface area (Å²) in [5.41, 5.74) is -1.88. The molecule has 13 heteroatoms. The van der Waals surface area contributed by atoms with Gasteiger partial charge >= 0.3 is 6.18 Å². The third-order valence-corrected chi connectivity index (χ3v) is 7.71. The highest BCUT2D eigenvalue weighted by molar-refractivity contribution is 7.90. The third kappa shape index (κ3) is 4.59. The summed E-state index contributed by atoms with van der Waals surface area (Å²) in [5, 5.41) is 2.72. The van der Waals surface area contributed by atoms with Gasteiger partial charge < -0.3 is 0 Å². The Balaban J connectivity index is 2.31. The van der Waals surface area contributed by atoms with Gasteiger partial charge in [0, 0.05) is 24.8 Å². The lowest BCUT2D eigenvalue weighted by atomic mass is 9.96. The highest BCUT2D eigenvalue weighted by atomic mass is 32.2. The number of rotatable bonds is 7. The molecule has 0 saturated heterocycles. The van der Waals surface area contributed by atoms with Crippen LogP contribution in [0.1, 0.15) is 70.2 Å². The number of aromatic nitrogens is 2. The van der Waals surface area contributed by atoms with Crippen LogP contribution in [0.15, 0.2) is 23.1 Å². The van der Waals surface area contributed by atoms with E-state index in [9.17, 15) is 39.4 Å². The van der Waals surface area contributed by atoms with Crippen LogP contribution in [-0.2, 0) is 33.2 Å². The molecule has 0 spiro atoms. The quantitative estimate of drug-likeness (QED) is 0.463. The summed E-state index contributed by atoms with van der Waals surface area (Å²) in [6, 6.07) is 1.74. The maximum atomic E-state index is 13.5. The number of nitrogens with zero attached hydrogens (tertiary/aromatic N) is 2. The van der Waals surface area contributed by atoms with Crippen LogP contribution in [0, 0.1) is 0 Å². The molecular formula is C19H21F3N2O6S2. The molecule has 1 saturated carbocycles. The first-order valence-electron chi connectivity index (χ1n) is 9.56. The summed E-state index contributed by atoms with van der Waals surface area (Å²) in [6.07, 6.45) is -2.96. The molecule has 0 amide bonds. The fourth-order valence-electron chi connectivity index (χ4n) is 3.68. The molecule has 1 unspecified atom stereocenters. The molecule has 1 atom stereocenters. The highest BCUT2D eigenvalue weighted by Crippen LogP contribution is 2.44. The molecule has 1 aromatic heterocycles. The Labute approximate surface area is 183 Å². The molecule has 1 fully saturated rings. The molecule has 0 radical (unpaired) electrons. The Morgan fingerprint density at radius 2 is 1.84 bits per heavy atom. The number of hydrogen-bond donors (Lipinski definition) is 1. The molecule has 1 N–H and O–H groups in total. The van der Waals surface area contributed by atoms with Crippen molar-refractivity contribution in [1.29, 1.82) is 0 Å². The first-order chi connectivity index (χ1) is 14.6. The SMILES string of the molecule is CCC(c1c(C(=O)c2ccc(C(F)(F)F)cc2S(C)(=O)=O)c(C2CC2)nn1C)S(=O)(=O)O. The second-order valence-electron chi connectivity index (χ2n) is 7.77. The minimum absolute atomic E-state index is 0.116. The second-order valence-corrected chi connectivity index (χ2v) is 11.3. The van der Waals surface area contributed by atoms with E-state index in [2.05, 4.69) is 5.10 Å². The molecule has 0 bridgehead atoms. The molecule has 176 valence electrons. The smallest absolute Gasteiger partial charge is 0.288 e.